The number of hydrogen-bond acceptors (Lipinski definition) is 2. The van der Waals surface area contributed by atoms with Gasteiger partial charge in [0.05, 0.1) is 13.2 Å². The summed E-state index contributed by atoms with van der Waals surface area (Å²) in [6.07, 6.45) is 2.17. The van der Waals surface area contributed by atoms with Crippen molar-refractivity contribution in [1.82, 2.24) is 5.32 Å². The molecule has 21 heavy (non-hydrogen) atoms. The van der Waals surface area contributed by atoms with Gasteiger partial charge < -0.3 is 10.1 Å². The Morgan fingerprint density at radius 2 is 1.90 bits per heavy atom. The van der Waals surface area contributed by atoms with Gasteiger partial charge in [0.1, 0.15) is 0 Å². The maximum atomic E-state index is 13.9. The van der Waals surface area contributed by atoms with Crippen LogP contribution in [0.1, 0.15) is 36.1 Å². The first-order chi connectivity index (χ1) is 10.2. The highest BCUT2D eigenvalue weighted by Crippen LogP contribution is 2.26. The van der Waals surface area contributed by atoms with Crippen LogP contribution in [0.4, 0.5) is 4.39 Å². The summed E-state index contributed by atoms with van der Waals surface area (Å²) >= 11 is 0. The molecule has 1 unspecified atom stereocenters. The van der Waals surface area contributed by atoms with Gasteiger partial charge in [0.25, 0.3) is 0 Å². The first-order valence-electron chi connectivity index (χ1n) is 7.29. The van der Waals surface area contributed by atoms with Crippen LogP contribution < -0.4 is 10.1 Å². The second kappa shape index (κ2) is 7.23. The van der Waals surface area contributed by atoms with E-state index in [4.69, 9.17) is 4.74 Å². The van der Waals surface area contributed by atoms with Crippen LogP contribution in [-0.2, 0) is 6.42 Å². The molecule has 0 aliphatic carbocycles. The van der Waals surface area contributed by atoms with Gasteiger partial charge >= 0.3 is 0 Å². The van der Waals surface area contributed by atoms with Gasteiger partial charge in [0.2, 0.25) is 0 Å². The predicted molar refractivity (Wildman–Crippen MR) is 84.3 cm³/mol. The highest BCUT2D eigenvalue weighted by Gasteiger charge is 2.14. The van der Waals surface area contributed by atoms with Gasteiger partial charge in [-0.3, -0.25) is 0 Å². The van der Waals surface area contributed by atoms with Crippen LogP contribution in [0, 0.1) is 5.82 Å². The molecule has 3 heteroatoms. The monoisotopic (exact) mass is 287 g/mol. The van der Waals surface area contributed by atoms with E-state index in [2.05, 4.69) is 36.5 Å². The molecule has 0 aliphatic heterocycles. The largest absolute Gasteiger partial charge is 0.494 e. The molecule has 0 spiro atoms. The molecule has 2 nitrogen and oxygen atoms in total. The zero-order chi connectivity index (χ0) is 15.2. The Hall–Kier alpha value is -1.87. The molecule has 0 fully saturated rings. The van der Waals surface area contributed by atoms with Crippen LogP contribution in [-0.4, -0.2) is 14.2 Å². The van der Waals surface area contributed by atoms with E-state index < -0.39 is 0 Å². The van der Waals surface area contributed by atoms with Gasteiger partial charge in [0.15, 0.2) is 11.6 Å². The van der Waals surface area contributed by atoms with Gasteiger partial charge in [0, 0.05) is 0 Å². The Bertz CT molecular complexity index is 598. The average molecular weight is 287 g/mol. The Morgan fingerprint density at radius 1 is 1.14 bits per heavy atom. The number of benzene rings is 2. The Labute approximate surface area is 126 Å². The van der Waals surface area contributed by atoms with Crippen LogP contribution in [0.3, 0.4) is 0 Å². The van der Waals surface area contributed by atoms with Crippen molar-refractivity contribution in [3.05, 3.63) is 65.0 Å². The molecule has 0 aromatic heterocycles. The zero-order valence-electron chi connectivity index (χ0n) is 12.8. The van der Waals surface area contributed by atoms with Crippen molar-refractivity contribution in [3.8, 4) is 5.75 Å². The first kappa shape index (κ1) is 15.5. The number of halogens is 1. The van der Waals surface area contributed by atoms with E-state index in [0.29, 0.717) is 0 Å². The van der Waals surface area contributed by atoms with Crippen LogP contribution in [0.15, 0.2) is 42.5 Å². The average Bonchev–Trinajstić information content (AvgIpc) is 2.49. The molecule has 0 saturated carbocycles. The number of ether oxygens (including phenoxy) is 1. The maximum Gasteiger partial charge on any atom is 0.165 e. The van der Waals surface area contributed by atoms with Crippen LogP contribution in [0.5, 0.6) is 5.75 Å². The van der Waals surface area contributed by atoms with Gasteiger partial charge in [-0.05, 0) is 42.3 Å². The van der Waals surface area contributed by atoms with E-state index >= 15 is 0 Å². The quantitative estimate of drug-likeness (QED) is 0.864. The molecular weight excluding hydrogens is 265 g/mol. The highest BCUT2D eigenvalue weighted by molar-refractivity contribution is 5.37. The van der Waals surface area contributed by atoms with Gasteiger partial charge in [-0.1, -0.05) is 43.7 Å². The second-order valence-electron chi connectivity index (χ2n) is 5.11. The molecule has 112 valence electrons. The molecule has 2 aromatic rings. The summed E-state index contributed by atoms with van der Waals surface area (Å²) in [4.78, 5) is 0. The Kier molecular flexibility index (Phi) is 5.34. The van der Waals surface area contributed by atoms with Crippen LogP contribution in [0.25, 0.3) is 0 Å². The van der Waals surface area contributed by atoms with E-state index in [1.807, 2.05) is 13.1 Å². The van der Waals surface area contributed by atoms with Crippen LogP contribution in [0.2, 0.25) is 0 Å². The SMILES string of the molecule is CCCc1cccc(C(NC)c2ccc(OC)c(F)c2)c1. The molecule has 0 radical (unpaired) electrons. The lowest BCUT2D eigenvalue weighted by Gasteiger charge is -2.19. The number of aryl methyl sites for hydroxylation is 1. The van der Waals surface area contributed by atoms with E-state index in [-0.39, 0.29) is 17.6 Å². The normalized spacial score (nSPS) is 12.2. The third-order valence-corrected chi connectivity index (χ3v) is 3.62. The van der Waals surface area contributed by atoms with Crippen molar-refractivity contribution in [2.24, 2.45) is 0 Å². The van der Waals surface area contributed by atoms with Crippen molar-refractivity contribution in [2.45, 2.75) is 25.8 Å². The van der Waals surface area contributed by atoms with Crippen molar-refractivity contribution < 1.29 is 9.13 Å². The van der Waals surface area contributed by atoms with Gasteiger partial charge in [-0.2, -0.15) is 0 Å². The van der Waals surface area contributed by atoms with E-state index in [9.17, 15) is 4.39 Å². The highest BCUT2D eigenvalue weighted by atomic mass is 19.1. The molecule has 0 bridgehead atoms. The maximum absolute atomic E-state index is 13.9. The Balaban J connectivity index is 2.34. The smallest absolute Gasteiger partial charge is 0.165 e. The van der Waals surface area contributed by atoms with Crippen molar-refractivity contribution in [2.75, 3.05) is 14.2 Å². The minimum Gasteiger partial charge on any atom is -0.494 e. The molecule has 0 amide bonds. The predicted octanol–water partition coefficient (Wildman–Crippen LogP) is 4.10. The molecular formula is C18H22FNO. The number of nitrogens with one attached hydrogen (secondary N) is 1. The molecule has 0 saturated heterocycles. The number of methoxy groups -OCH3 is 1. The topological polar surface area (TPSA) is 21.3 Å². The molecule has 2 aromatic carbocycles. The standard InChI is InChI=1S/C18H22FNO/c1-4-6-13-7-5-8-14(11-13)18(20-2)15-9-10-17(21-3)16(19)12-15/h5,7-12,18,20H,4,6H2,1-3H3. The second-order valence-corrected chi connectivity index (χ2v) is 5.11. The Morgan fingerprint density at radius 3 is 2.52 bits per heavy atom. The summed E-state index contributed by atoms with van der Waals surface area (Å²) in [5.41, 5.74) is 3.35. The molecule has 1 atom stereocenters. The van der Waals surface area contributed by atoms with E-state index in [1.165, 1.54) is 18.7 Å². The summed E-state index contributed by atoms with van der Waals surface area (Å²) in [6, 6.07) is 13.5. The lowest BCUT2D eigenvalue weighted by Crippen LogP contribution is -2.18. The summed E-state index contributed by atoms with van der Waals surface area (Å²) in [6.45, 7) is 2.17. The lowest BCUT2D eigenvalue weighted by atomic mass is 9.96. The summed E-state index contributed by atoms with van der Waals surface area (Å²) in [5.74, 6) is -0.0618. The zero-order valence-corrected chi connectivity index (χ0v) is 12.8. The molecule has 1 N–H and O–H groups in total. The molecule has 0 aliphatic rings. The fraction of sp³-hybridized carbons (Fsp3) is 0.333. The number of hydrogen-bond donors (Lipinski definition) is 1. The van der Waals surface area contributed by atoms with E-state index in [0.717, 1.165) is 24.0 Å². The summed E-state index contributed by atoms with van der Waals surface area (Å²) in [7, 11) is 3.36. The third-order valence-electron chi connectivity index (χ3n) is 3.62. The minimum absolute atomic E-state index is 0.0257. The van der Waals surface area contributed by atoms with Gasteiger partial charge in [-0.25, -0.2) is 4.39 Å². The van der Waals surface area contributed by atoms with Crippen LogP contribution >= 0.6 is 0 Å². The van der Waals surface area contributed by atoms with Crippen molar-refractivity contribution in [1.29, 1.82) is 0 Å². The van der Waals surface area contributed by atoms with E-state index in [1.54, 1.807) is 6.07 Å². The minimum atomic E-state index is -0.333. The van der Waals surface area contributed by atoms with Crippen molar-refractivity contribution in [3.63, 3.8) is 0 Å². The fourth-order valence-electron chi connectivity index (χ4n) is 2.60. The number of rotatable bonds is 6. The lowest BCUT2D eigenvalue weighted by molar-refractivity contribution is 0.386. The first-order valence-corrected chi connectivity index (χ1v) is 7.29. The fourth-order valence-corrected chi connectivity index (χ4v) is 2.60. The summed E-state index contributed by atoms with van der Waals surface area (Å²) < 4.78 is 18.9. The molecule has 2 rings (SSSR count). The van der Waals surface area contributed by atoms with Gasteiger partial charge in [-0.15, -0.1) is 0 Å². The summed E-state index contributed by atoms with van der Waals surface area (Å²) in [5, 5.41) is 3.26. The third kappa shape index (κ3) is 3.61. The molecule has 0 heterocycles. The van der Waals surface area contributed by atoms with Crippen molar-refractivity contribution >= 4 is 0 Å².